The molecule has 1 aliphatic rings. The summed E-state index contributed by atoms with van der Waals surface area (Å²) in [6, 6.07) is 16.9. The molecule has 3 atom stereocenters. The maximum absolute atomic E-state index is 12.9. The molecule has 0 bridgehead atoms. The van der Waals surface area contributed by atoms with Gasteiger partial charge in [-0.25, -0.2) is 4.79 Å². The first-order chi connectivity index (χ1) is 19.7. The predicted molar refractivity (Wildman–Crippen MR) is 157 cm³/mol. The number of benzene rings is 2. The summed E-state index contributed by atoms with van der Waals surface area (Å²) in [5.74, 6) is -0.511. The van der Waals surface area contributed by atoms with Gasteiger partial charge in [0.15, 0.2) is 0 Å². The fourth-order valence-corrected chi connectivity index (χ4v) is 4.65. The first-order valence-corrected chi connectivity index (χ1v) is 14.0. The number of nitrogens with zero attached hydrogens (tertiary/aromatic N) is 2. The number of hydrogen-bond donors (Lipinski definition) is 2. The van der Waals surface area contributed by atoms with Crippen LogP contribution in [0.2, 0.25) is 5.02 Å². The zero-order valence-electron chi connectivity index (χ0n) is 23.9. The van der Waals surface area contributed by atoms with Gasteiger partial charge >= 0.3 is 5.97 Å². The molecule has 0 radical (unpaired) electrons. The van der Waals surface area contributed by atoms with Gasteiger partial charge < -0.3 is 29.4 Å². The molecule has 3 unspecified atom stereocenters. The van der Waals surface area contributed by atoms with Crippen LogP contribution in [-0.4, -0.2) is 69.0 Å². The lowest BCUT2D eigenvalue weighted by molar-refractivity contribution is -0.136. The average Bonchev–Trinajstić information content (AvgIpc) is 2.96. The number of aliphatic hydroxyl groups is 1. The molecule has 0 fully saturated rings. The van der Waals surface area contributed by atoms with Gasteiger partial charge in [0.2, 0.25) is 0 Å². The van der Waals surface area contributed by atoms with E-state index in [1.807, 2.05) is 38.1 Å². The Hall–Kier alpha value is -3.42. The topological polar surface area (TPSA) is 122 Å². The molecular weight excluding hydrogens is 546 g/mol. The number of hydrogen-bond acceptors (Lipinski definition) is 9. The Morgan fingerprint density at radius 2 is 1.80 bits per heavy atom. The van der Waals surface area contributed by atoms with Crippen LogP contribution >= 0.6 is 11.6 Å². The standard InChI is InChI=1S/C31H38ClN3O6/c1-20(2)34-17-22(36)18-41-24-12-10-23(11-13-24)40-15-7-14-39-19-28-30(31(37)38-4)29(26(16-33)21(3)35-28)25-8-5-6-9-27(25)32/h5-6,8-13,20,22,26,29,34,36H,7,14-15,17-19H2,1-4H3. The van der Waals surface area contributed by atoms with Crippen molar-refractivity contribution >= 4 is 23.3 Å². The van der Waals surface area contributed by atoms with Gasteiger partial charge in [0, 0.05) is 35.7 Å². The molecule has 3 rings (SSSR count). The lowest BCUT2D eigenvalue weighted by Gasteiger charge is -2.30. The van der Waals surface area contributed by atoms with Gasteiger partial charge in [-0.05, 0) is 42.8 Å². The Bertz CT molecular complexity index is 1260. The number of ether oxygens (including phenoxy) is 4. The minimum Gasteiger partial charge on any atom is -0.494 e. The van der Waals surface area contributed by atoms with E-state index in [-0.39, 0.29) is 18.8 Å². The normalized spacial score (nSPS) is 17.6. The van der Waals surface area contributed by atoms with Crippen LogP contribution in [0.3, 0.4) is 0 Å². The molecule has 220 valence electrons. The number of nitriles is 1. The smallest absolute Gasteiger partial charge is 0.336 e. The van der Waals surface area contributed by atoms with E-state index in [1.165, 1.54) is 7.11 Å². The first-order valence-electron chi connectivity index (χ1n) is 13.6. The fourth-order valence-electron chi connectivity index (χ4n) is 4.40. The van der Waals surface area contributed by atoms with Gasteiger partial charge in [-0.3, -0.25) is 4.99 Å². The van der Waals surface area contributed by atoms with E-state index in [9.17, 15) is 15.2 Å². The van der Waals surface area contributed by atoms with Crippen LogP contribution in [0, 0.1) is 17.2 Å². The van der Waals surface area contributed by atoms with Gasteiger partial charge in [-0.2, -0.15) is 5.26 Å². The molecule has 1 heterocycles. The van der Waals surface area contributed by atoms with Crippen molar-refractivity contribution < 1.29 is 28.8 Å². The highest BCUT2D eigenvalue weighted by molar-refractivity contribution is 6.31. The van der Waals surface area contributed by atoms with E-state index in [4.69, 9.17) is 30.5 Å². The van der Waals surface area contributed by atoms with E-state index in [0.29, 0.717) is 65.7 Å². The van der Waals surface area contributed by atoms with Crippen LogP contribution in [0.15, 0.2) is 64.8 Å². The summed E-state index contributed by atoms with van der Waals surface area (Å²) >= 11 is 6.47. The average molecular weight is 584 g/mol. The van der Waals surface area contributed by atoms with Gasteiger partial charge in [-0.15, -0.1) is 0 Å². The molecule has 0 amide bonds. The Morgan fingerprint density at radius 1 is 1.12 bits per heavy atom. The largest absolute Gasteiger partial charge is 0.494 e. The molecule has 0 spiro atoms. The van der Waals surface area contributed by atoms with Crippen molar-refractivity contribution in [1.82, 2.24) is 5.32 Å². The molecule has 2 N–H and O–H groups in total. The van der Waals surface area contributed by atoms with E-state index in [0.717, 1.165) is 0 Å². The first kappa shape index (κ1) is 32.1. The van der Waals surface area contributed by atoms with Crippen LogP contribution in [0.1, 0.15) is 38.7 Å². The second-order valence-electron chi connectivity index (χ2n) is 9.96. The Labute approximate surface area is 246 Å². The summed E-state index contributed by atoms with van der Waals surface area (Å²) in [6.45, 7) is 7.34. The van der Waals surface area contributed by atoms with Crippen LogP contribution < -0.4 is 14.8 Å². The molecule has 1 aliphatic heterocycles. The van der Waals surface area contributed by atoms with E-state index in [1.54, 1.807) is 31.2 Å². The third-order valence-corrected chi connectivity index (χ3v) is 6.81. The van der Waals surface area contributed by atoms with Crippen LogP contribution in [0.25, 0.3) is 0 Å². The molecule has 9 nitrogen and oxygen atoms in total. The number of aliphatic imine (C=N–C) groups is 1. The monoisotopic (exact) mass is 583 g/mol. The van der Waals surface area contributed by atoms with Crippen LogP contribution in [0.5, 0.6) is 11.5 Å². The fraction of sp³-hybridized carbons (Fsp3) is 0.452. The van der Waals surface area contributed by atoms with Crippen LogP contribution in [0.4, 0.5) is 0 Å². The predicted octanol–water partition coefficient (Wildman–Crippen LogP) is 4.69. The van der Waals surface area contributed by atoms with Gasteiger partial charge in [0.1, 0.15) is 24.2 Å². The summed E-state index contributed by atoms with van der Waals surface area (Å²) in [7, 11) is 1.30. The number of rotatable bonds is 15. The summed E-state index contributed by atoms with van der Waals surface area (Å²) < 4.78 is 22.4. The van der Waals surface area contributed by atoms with Crippen molar-refractivity contribution in [2.45, 2.75) is 45.3 Å². The van der Waals surface area contributed by atoms with E-state index >= 15 is 0 Å². The van der Waals surface area contributed by atoms with Crippen molar-refractivity contribution in [3.63, 3.8) is 0 Å². The molecular formula is C31H38ClN3O6. The Kier molecular flexibility index (Phi) is 12.6. The highest BCUT2D eigenvalue weighted by atomic mass is 35.5. The lowest BCUT2D eigenvalue weighted by Crippen LogP contribution is -2.35. The number of esters is 1. The molecule has 0 aliphatic carbocycles. The highest BCUT2D eigenvalue weighted by Gasteiger charge is 2.39. The third-order valence-electron chi connectivity index (χ3n) is 6.47. The molecule has 41 heavy (non-hydrogen) atoms. The van der Waals surface area contributed by atoms with Crippen molar-refractivity contribution in [3.8, 4) is 17.6 Å². The summed E-state index contributed by atoms with van der Waals surface area (Å²) in [5.41, 5.74) is 1.95. The zero-order chi connectivity index (χ0) is 29.8. The number of methoxy groups -OCH3 is 1. The number of halogens is 1. The SMILES string of the molecule is COC(=O)C1=C(COCCCOc2ccc(OCC(O)CNC(C)C)cc2)N=C(C)C(C#N)C1c1ccccc1Cl. The molecule has 0 aromatic heterocycles. The minimum absolute atomic E-state index is 0.0749. The molecule has 2 aromatic carbocycles. The van der Waals surface area contributed by atoms with Gasteiger partial charge in [0.25, 0.3) is 0 Å². The quantitative estimate of drug-likeness (QED) is 0.229. The van der Waals surface area contributed by atoms with Crippen LogP contribution in [-0.2, 0) is 14.3 Å². The number of aliphatic hydroxyl groups excluding tert-OH is 1. The van der Waals surface area contributed by atoms with Crippen molar-refractivity contribution in [3.05, 3.63) is 70.4 Å². The molecule has 0 saturated carbocycles. The summed E-state index contributed by atoms with van der Waals surface area (Å²) in [5, 5.41) is 23.5. The summed E-state index contributed by atoms with van der Waals surface area (Å²) in [6.07, 6.45) is 0.0109. The number of nitrogens with one attached hydrogen (secondary N) is 1. The second-order valence-corrected chi connectivity index (χ2v) is 10.4. The highest BCUT2D eigenvalue weighted by Crippen LogP contribution is 2.41. The van der Waals surface area contributed by atoms with Crippen molar-refractivity contribution in [2.24, 2.45) is 10.9 Å². The third kappa shape index (κ3) is 9.30. The molecule has 0 saturated heterocycles. The second kappa shape index (κ2) is 16.1. The number of carbonyl (C=O) groups is 1. The lowest BCUT2D eigenvalue weighted by atomic mass is 9.76. The van der Waals surface area contributed by atoms with Crippen molar-refractivity contribution in [2.75, 3.05) is 40.1 Å². The minimum atomic E-state index is -0.662. The molecule has 2 aromatic rings. The van der Waals surface area contributed by atoms with Gasteiger partial charge in [-0.1, -0.05) is 43.6 Å². The number of carbonyl (C=O) groups excluding carboxylic acids is 1. The zero-order valence-corrected chi connectivity index (χ0v) is 24.7. The maximum Gasteiger partial charge on any atom is 0.336 e. The van der Waals surface area contributed by atoms with Crippen molar-refractivity contribution in [1.29, 1.82) is 5.26 Å². The van der Waals surface area contributed by atoms with E-state index in [2.05, 4.69) is 16.4 Å². The maximum atomic E-state index is 12.9. The Morgan fingerprint density at radius 3 is 2.44 bits per heavy atom. The Balaban J connectivity index is 1.53. The summed E-state index contributed by atoms with van der Waals surface area (Å²) in [4.78, 5) is 17.4. The van der Waals surface area contributed by atoms with Gasteiger partial charge in [0.05, 0.1) is 50.2 Å². The molecule has 10 heteroatoms. The van der Waals surface area contributed by atoms with E-state index < -0.39 is 23.9 Å².